The van der Waals surface area contributed by atoms with E-state index in [0.717, 1.165) is 12.8 Å². The summed E-state index contributed by atoms with van der Waals surface area (Å²) in [5, 5.41) is 8.77. The molecule has 3 N–H and O–H groups in total. The Kier molecular flexibility index (Phi) is 2.15. The number of nitrogens with two attached hydrogens (primary N) is 1. The molecule has 0 aromatic heterocycles. The second-order valence-corrected chi connectivity index (χ2v) is 2.96. The van der Waals surface area contributed by atoms with E-state index in [-0.39, 0.29) is 6.10 Å². The highest BCUT2D eigenvalue weighted by Gasteiger charge is 2.46. The Labute approximate surface area is 65.3 Å². The van der Waals surface area contributed by atoms with Crippen LogP contribution in [0.1, 0.15) is 19.3 Å². The van der Waals surface area contributed by atoms with Crippen molar-refractivity contribution < 1.29 is 14.6 Å². The molecule has 0 aromatic rings. The van der Waals surface area contributed by atoms with Gasteiger partial charge in [-0.15, -0.1) is 0 Å². The van der Waals surface area contributed by atoms with E-state index < -0.39 is 11.5 Å². The highest BCUT2D eigenvalue weighted by atomic mass is 16.5. The second-order valence-electron chi connectivity index (χ2n) is 2.96. The van der Waals surface area contributed by atoms with Crippen molar-refractivity contribution in [1.29, 1.82) is 0 Å². The van der Waals surface area contributed by atoms with Crippen LogP contribution in [0.5, 0.6) is 0 Å². The fourth-order valence-electron chi connectivity index (χ4n) is 1.57. The first-order chi connectivity index (χ1) is 5.11. The molecule has 4 nitrogen and oxygen atoms in total. The van der Waals surface area contributed by atoms with E-state index in [1.54, 1.807) is 0 Å². The Balaban J connectivity index is 2.75. The molecule has 1 aliphatic carbocycles. The minimum atomic E-state index is -1.14. The van der Waals surface area contributed by atoms with Crippen LogP contribution >= 0.6 is 0 Å². The SMILES string of the molecule is CO[C@@H]1CCC[C@@]1(N)C(=O)O. The average Bonchev–Trinajstić information content (AvgIpc) is 2.32. The summed E-state index contributed by atoms with van der Waals surface area (Å²) in [6.45, 7) is 0. The van der Waals surface area contributed by atoms with Gasteiger partial charge in [-0.3, -0.25) is 4.79 Å². The van der Waals surface area contributed by atoms with E-state index in [4.69, 9.17) is 15.6 Å². The summed E-state index contributed by atoms with van der Waals surface area (Å²) in [5.74, 6) is -0.957. The van der Waals surface area contributed by atoms with Crippen LogP contribution in [-0.2, 0) is 9.53 Å². The first kappa shape index (κ1) is 8.49. The van der Waals surface area contributed by atoms with Gasteiger partial charge < -0.3 is 15.6 Å². The molecule has 4 heteroatoms. The molecule has 0 aliphatic heterocycles. The first-order valence-corrected chi connectivity index (χ1v) is 3.66. The molecule has 0 amide bonds. The van der Waals surface area contributed by atoms with Crippen LogP contribution in [0.3, 0.4) is 0 Å². The molecule has 0 radical (unpaired) electrons. The van der Waals surface area contributed by atoms with Crippen LogP contribution in [0.15, 0.2) is 0 Å². The number of carboxylic acid groups (broad SMARTS) is 1. The molecular formula is C7H13NO3. The summed E-state index contributed by atoms with van der Waals surface area (Å²) >= 11 is 0. The number of methoxy groups -OCH3 is 1. The van der Waals surface area contributed by atoms with Gasteiger partial charge in [0.2, 0.25) is 0 Å². The quantitative estimate of drug-likeness (QED) is 0.593. The molecule has 1 fully saturated rings. The monoisotopic (exact) mass is 159 g/mol. The minimum absolute atomic E-state index is 0.319. The third kappa shape index (κ3) is 1.23. The van der Waals surface area contributed by atoms with Gasteiger partial charge in [-0.1, -0.05) is 0 Å². The molecule has 0 saturated heterocycles. The minimum Gasteiger partial charge on any atom is -0.480 e. The van der Waals surface area contributed by atoms with E-state index in [9.17, 15) is 4.79 Å². The predicted octanol–water partition coefficient (Wildman–Crippen LogP) is -0.0326. The summed E-state index contributed by atoms with van der Waals surface area (Å²) in [5.41, 5.74) is 4.49. The summed E-state index contributed by atoms with van der Waals surface area (Å²) in [6.07, 6.45) is 1.78. The van der Waals surface area contributed by atoms with Gasteiger partial charge in [0, 0.05) is 7.11 Å². The highest BCUT2D eigenvalue weighted by molar-refractivity contribution is 5.79. The van der Waals surface area contributed by atoms with Crippen LogP contribution in [-0.4, -0.2) is 29.8 Å². The van der Waals surface area contributed by atoms with Gasteiger partial charge in [-0.25, -0.2) is 0 Å². The number of carboxylic acids is 1. The lowest BCUT2D eigenvalue weighted by Gasteiger charge is -2.24. The van der Waals surface area contributed by atoms with E-state index in [1.807, 2.05) is 0 Å². The molecule has 1 rings (SSSR count). The van der Waals surface area contributed by atoms with Crippen molar-refractivity contribution in [2.45, 2.75) is 30.9 Å². The molecule has 0 heterocycles. The van der Waals surface area contributed by atoms with Crippen LogP contribution in [0.4, 0.5) is 0 Å². The van der Waals surface area contributed by atoms with Crippen molar-refractivity contribution in [3.8, 4) is 0 Å². The van der Waals surface area contributed by atoms with E-state index in [1.165, 1.54) is 7.11 Å². The number of ether oxygens (including phenoxy) is 1. The Hall–Kier alpha value is -0.610. The molecule has 0 bridgehead atoms. The third-order valence-electron chi connectivity index (χ3n) is 2.31. The summed E-state index contributed by atoms with van der Waals surface area (Å²) < 4.78 is 4.98. The molecule has 1 saturated carbocycles. The molecule has 1 aliphatic rings. The van der Waals surface area contributed by atoms with E-state index in [2.05, 4.69) is 0 Å². The molecule has 0 unspecified atom stereocenters. The van der Waals surface area contributed by atoms with Crippen LogP contribution in [0.2, 0.25) is 0 Å². The van der Waals surface area contributed by atoms with Crippen molar-refractivity contribution >= 4 is 5.97 Å². The van der Waals surface area contributed by atoms with Gasteiger partial charge in [0.25, 0.3) is 0 Å². The Morgan fingerprint density at radius 2 is 2.45 bits per heavy atom. The van der Waals surface area contributed by atoms with Gasteiger partial charge in [0.05, 0.1) is 6.10 Å². The predicted molar refractivity (Wildman–Crippen MR) is 39.2 cm³/mol. The largest absolute Gasteiger partial charge is 0.480 e. The standard InChI is InChI=1S/C7H13NO3/c1-11-5-3-2-4-7(5,8)6(9)10/h5H,2-4,8H2,1H3,(H,9,10)/t5-,7+/m1/s1. The summed E-state index contributed by atoms with van der Waals surface area (Å²) in [7, 11) is 1.50. The van der Waals surface area contributed by atoms with Gasteiger partial charge in [0.15, 0.2) is 0 Å². The maximum atomic E-state index is 10.7. The fourth-order valence-corrected chi connectivity index (χ4v) is 1.57. The summed E-state index contributed by atoms with van der Waals surface area (Å²) in [4.78, 5) is 10.7. The highest BCUT2D eigenvalue weighted by Crippen LogP contribution is 2.29. The zero-order chi connectivity index (χ0) is 8.48. The summed E-state index contributed by atoms with van der Waals surface area (Å²) in [6, 6.07) is 0. The lowest BCUT2D eigenvalue weighted by atomic mass is 9.97. The van der Waals surface area contributed by atoms with Crippen LogP contribution in [0, 0.1) is 0 Å². The maximum absolute atomic E-state index is 10.7. The normalized spacial score (nSPS) is 37.5. The number of carbonyl (C=O) groups is 1. The molecule has 0 aromatic carbocycles. The Morgan fingerprint density at radius 3 is 2.82 bits per heavy atom. The number of hydrogen-bond acceptors (Lipinski definition) is 3. The van der Waals surface area contributed by atoms with E-state index >= 15 is 0 Å². The fraction of sp³-hybridized carbons (Fsp3) is 0.857. The van der Waals surface area contributed by atoms with Crippen molar-refractivity contribution in [3.63, 3.8) is 0 Å². The molecule has 64 valence electrons. The molecular weight excluding hydrogens is 146 g/mol. The smallest absolute Gasteiger partial charge is 0.326 e. The van der Waals surface area contributed by atoms with Gasteiger partial charge in [-0.2, -0.15) is 0 Å². The number of aliphatic carboxylic acids is 1. The lowest BCUT2D eigenvalue weighted by Crippen LogP contribution is -2.54. The van der Waals surface area contributed by atoms with Crippen LogP contribution in [0.25, 0.3) is 0 Å². The average molecular weight is 159 g/mol. The Bertz CT molecular complexity index is 171. The number of rotatable bonds is 2. The van der Waals surface area contributed by atoms with Gasteiger partial charge in [0.1, 0.15) is 5.54 Å². The van der Waals surface area contributed by atoms with Crippen molar-refractivity contribution in [2.75, 3.05) is 7.11 Å². The zero-order valence-corrected chi connectivity index (χ0v) is 6.54. The molecule has 11 heavy (non-hydrogen) atoms. The molecule has 0 spiro atoms. The van der Waals surface area contributed by atoms with Crippen molar-refractivity contribution in [1.82, 2.24) is 0 Å². The van der Waals surface area contributed by atoms with Crippen LogP contribution < -0.4 is 5.73 Å². The Morgan fingerprint density at radius 1 is 1.82 bits per heavy atom. The van der Waals surface area contributed by atoms with Crippen molar-refractivity contribution in [3.05, 3.63) is 0 Å². The second kappa shape index (κ2) is 2.79. The topological polar surface area (TPSA) is 72.5 Å². The lowest BCUT2D eigenvalue weighted by molar-refractivity contribution is -0.147. The molecule has 2 atom stereocenters. The maximum Gasteiger partial charge on any atom is 0.326 e. The third-order valence-corrected chi connectivity index (χ3v) is 2.31. The van der Waals surface area contributed by atoms with Gasteiger partial charge >= 0.3 is 5.97 Å². The number of hydrogen-bond donors (Lipinski definition) is 2. The first-order valence-electron chi connectivity index (χ1n) is 3.66. The van der Waals surface area contributed by atoms with Crippen molar-refractivity contribution in [2.24, 2.45) is 5.73 Å². The van der Waals surface area contributed by atoms with E-state index in [0.29, 0.717) is 6.42 Å². The zero-order valence-electron chi connectivity index (χ0n) is 6.54. The van der Waals surface area contributed by atoms with Gasteiger partial charge in [-0.05, 0) is 19.3 Å².